The molecule has 6 aromatic carbocycles. The van der Waals surface area contributed by atoms with Gasteiger partial charge in [0.15, 0.2) is 0 Å². The van der Waals surface area contributed by atoms with Crippen molar-refractivity contribution >= 4 is 81.3 Å². The summed E-state index contributed by atoms with van der Waals surface area (Å²) in [5.74, 6) is 0. The van der Waals surface area contributed by atoms with E-state index in [1.54, 1.807) is 0 Å². The molecule has 0 aliphatic carbocycles. The van der Waals surface area contributed by atoms with Gasteiger partial charge in [-0.3, -0.25) is 0 Å². The third-order valence-corrected chi connectivity index (χ3v) is 8.46. The Morgan fingerprint density at radius 2 is 1.14 bits per heavy atom. The van der Waals surface area contributed by atoms with Crippen LogP contribution in [0.3, 0.4) is 0 Å². The third-order valence-electron chi connectivity index (χ3n) is 7.24. The number of hydrogen-bond donors (Lipinski definition) is 0. The Balaban J connectivity index is 1.48. The van der Waals surface area contributed by atoms with E-state index in [0.29, 0.717) is 0 Å². The molecule has 37 heavy (non-hydrogen) atoms. The van der Waals surface area contributed by atoms with E-state index in [-0.39, 0.29) is 0 Å². The number of furan rings is 1. The minimum absolute atomic E-state index is 0.905. The monoisotopic (exact) mass is 491 g/mol. The Morgan fingerprint density at radius 3 is 2.00 bits per heavy atom. The molecule has 0 spiro atoms. The van der Waals surface area contributed by atoms with Gasteiger partial charge in [-0.25, -0.2) is 0 Å². The summed E-state index contributed by atoms with van der Waals surface area (Å²) in [6, 6.07) is 45.3. The number of benzene rings is 6. The van der Waals surface area contributed by atoms with Crippen LogP contribution in [0.1, 0.15) is 0 Å². The van der Waals surface area contributed by atoms with E-state index in [1.165, 1.54) is 36.6 Å². The first-order chi connectivity index (χ1) is 18.3. The summed E-state index contributed by atoms with van der Waals surface area (Å²) in [5, 5.41) is 7.38. The molecule has 0 radical (unpaired) electrons. The van der Waals surface area contributed by atoms with Gasteiger partial charge in [0.2, 0.25) is 0 Å². The summed E-state index contributed by atoms with van der Waals surface area (Å²) in [5.41, 5.74) is 5.22. The number of nitrogens with zero attached hydrogens (tertiary/aromatic N) is 1. The van der Waals surface area contributed by atoms with Crippen LogP contribution in [-0.2, 0) is 0 Å². The van der Waals surface area contributed by atoms with Crippen molar-refractivity contribution in [3.63, 3.8) is 0 Å². The largest absolute Gasteiger partial charge is 0.456 e. The number of rotatable bonds is 3. The zero-order valence-electron chi connectivity index (χ0n) is 19.9. The van der Waals surface area contributed by atoms with Crippen LogP contribution >= 0.6 is 11.3 Å². The molecule has 0 aliphatic heterocycles. The Bertz CT molecular complexity index is 2100. The van der Waals surface area contributed by atoms with Crippen LogP contribution in [0.4, 0.5) is 17.1 Å². The average Bonchev–Trinajstić information content (AvgIpc) is 3.52. The Morgan fingerprint density at radius 1 is 0.459 bits per heavy atom. The molecule has 0 N–H and O–H groups in total. The second-order valence-electron chi connectivity index (χ2n) is 9.37. The zero-order chi connectivity index (χ0) is 24.3. The molecule has 174 valence electrons. The molecule has 0 atom stereocenters. The molecule has 0 saturated carbocycles. The van der Waals surface area contributed by atoms with Crippen molar-refractivity contribution < 1.29 is 4.42 Å². The lowest BCUT2D eigenvalue weighted by atomic mass is 10.0. The van der Waals surface area contributed by atoms with Crippen LogP contribution in [0.25, 0.3) is 52.9 Å². The van der Waals surface area contributed by atoms with Gasteiger partial charge in [-0.1, -0.05) is 78.9 Å². The number of fused-ring (bicyclic) bond motifs is 8. The maximum Gasteiger partial charge on any atom is 0.135 e. The van der Waals surface area contributed by atoms with Gasteiger partial charge in [0.1, 0.15) is 11.2 Å². The average molecular weight is 492 g/mol. The summed E-state index contributed by atoms with van der Waals surface area (Å²) in [6.07, 6.45) is 0. The van der Waals surface area contributed by atoms with Gasteiger partial charge in [0, 0.05) is 53.1 Å². The van der Waals surface area contributed by atoms with E-state index in [0.717, 1.165) is 33.3 Å². The predicted molar refractivity (Wildman–Crippen MR) is 159 cm³/mol. The molecule has 0 aliphatic rings. The number of thiophene rings is 1. The lowest BCUT2D eigenvalue weighted by molar-refractivity contribution is 0.669. The second kappa shape index (κ2) is 7.95. The highest BCUT2D eigenvalue weighted by Crippen LogP contribution is 2.46. The van der Waals surface area contributed by atoms with Gasteiger partial charge >= 0.3 is 0 Å². The van der Waals surface area contributed by atoms with Crippen LogP contribution in [0.2, 0.25) is 0 Å². The zero-order valence-corrected chi connectivity index (χ0v) is 20.7. The lowest BCUT2D eigenvalue weighted by Crippen LogP contribution is -2.10. The molecule has 2 aromatic heterocycles. The van der Waals surface area contributed by atoms with Crippen molar-refractivity contribution in [2.75, 3.05) is 4.90 Å². The first-order valence-corrected chi connectivity index (χ1v) is 13.3. The van der Waals surface area contributed by atoms with Crippen molar-refractivity contribution in [2.24, 2.45) is 0 Å². The van der Waals surface area contributed by atoms with Crippen LogP contribution in [0.15, 0.2) is 132 Å². The van der Waals surface area contributed by atoms with Crippen LogP contribution in [0.5, 0.6) is 0 Å². The normalized spacial score (nSPS) is 11.8. The first kappa shape index (κ1) is 20.6. The van der Waals surface area contributed by atoms with E-state index < -0.39 is 0 Å². The fourth-order valence-corrected chi connectivity index (χ4v) is 6.79. The fourth-order valence-electron chi connectivity index (χ4n) is 5.57. The van der Waals surface area contributed by atoms with Gasteiger partial charge < -0.3 is 9.32 Å². The summed E-state index contributed by atoms with van der Waals surface area (Å²) in [4.78, 5) is 2.38. The van der Waals surface area contributed by atoms with Crippen molar-refractivity contribution in [1.29, 1.82) is 0 Å². The Hall–Kier alpha value is -4.60. The van der Waals surface area contributed by atoms with E-state index in [4.69, 9.17) is 4.42 Å². The molecule has 0 fully saturated rings. The number of para-hydroxylation sites is 2. The third kappa shape index (κ3) is 3.11. The summed E-state index contributed by atoms with van der Waals surface area (Å²) < 4.78 is 8.80. The topological polar surface area (TPSA) is 16.4 Å². The van der Waals surface area contributed by atoms with Gasteiger partial charge in [-0.2, -0.15) is 0 Å². The highest BCUT2D eigenvalue weighted by atomic mass is 32.1. The molecule has 2 heterocycles. The van der Waals surface area contributed by atoms with Crippen LogP contribution in [-0.4, -0.2) is 0 Å². The molecule has 0 amide bonds. The van der Waals surface area contributed by atoms with Crippen LogP contribution < -0.4 is 4.90 Å². The molecule has 8 aromatic rings. The number of hydrogen-bond acceptors (Lipinski definition) is 3. The summed E-state index contributed by atoms with van der Waals surface area (Å²) in [7, 11) is 0. The van der Waals surface area contributed by atoms with E-state index in [1.807, 2.05) is 23.5 Å². The Labute approximate surface area is 217 Å². The molecule has 8 rings (SSSR count). The highest BCUT2D eigenvalue weighted by molar-refractivity contribution is 7.26. The fraction of sp³-hybridized carbons (Fsp3) is 0. The minimum atomic E-state index is 0.905. The molecule has 0 bridgehead atoms. The van der Waals surface area contributed by atoms with E-state index >= 15 is 0 Å². The van der Waals surface area contributed by atoms with Gasteiger partial charge in [0.05, 0.1) is 5.69 Å². The molecule has 3 heteroatoms. The van der Waals surface area contributed by atoms with Crippen molar-refractivity contribution in [3.05, 3.63) is 127 Å². The second-order valence-corrected chi connectivity index (χ2v) is 10.4. The van der Waals surface area contributed by atoms with Crippen molar-refractivity contribution in [3.8, 4) is 0 Å². The van der Waals surface area contributed by atoms with E-state index in [2.05, 4.69) is 120 Å². The molecule has 0 saturated heterocycles. The van der Waals surface area contributed by atoms with Crippen molar-refractivity contribution in [2.45, 2.75) is 0 Å². The SMILES string of the molecule is c1ccc(N(c2ccc3oc4ccccc4c3c2)c2cc3c4ccccc4sc3c3ccccc23)cc1. The maximum absolute atomic E-state index is 6.15. The standard InChI is InChI=1S/C34H21NOS/c1-2-10-22(11-3-1)35(23-18-19-32-28(20-23)25-13-6-8-16-31(25)36-32)30-21-29-26-14-7-9-17-33(26)37-34(29)27-15-5-4-12-24(27)30/h1-21H. The smallest absolute Gasteiger partial charge is 0.135 e. The van der Waals surface area contributed by atoms with E-state index in [9.17, 15) is 0 Å². The minimum Gasteiger partial charge on any atom is -0.456 e. The molecular weight excluding hydrogens is 470 g/mol. The van der Waals surface area contributed by atoms with Crippen molar-refractivity contribution in [1.82, 2.24) is 0 Å². The predicted octanol–water partition coefficient (Wildman–Crippen LogP) is 10.6. The highest BCUT2D eigenvalue weighted by Gasteiger charge is 2.20. The first-order valence-electron chi connectivity index (χ1n) is 12.4. The molecular formula is C34H21NOS. The quantitative estimate of drug-likeness (QED) is 0.244. The van der Waals surface area contributed by atoms with Gasteiger partial charge in [-0.05, 0) is 48.5 Å². The summed E-state index contributed by atoms with van der Waals surface area (Å²) in [6.45, 7) is 0. The van der Waals surface area contributed by atoms with Crippen LogP contribution in [0, 0.1) is 0 Å². The number of anilines is 3. The summed E-state index contributed by atoms with van der Waals surface area (Å²) >= 11 is 1.88. The van der Waals surface area contributed by atoms with Gasteiger partial charge in [0.25, 0.3) is 0 Å². The molecule has 0 unspecified atom stereocenters. The lowest BCUT2D eigenvalue weighted by Gasteiger charge is -2.27. The Kier molecular flexibility index (Phi) is 4.42. The maximum atomic E-state index is 6.15. The van der Waals surface area contributed by atoms with Gasteiger partial charge in [-0.15, -0.1) is 11.3 Å². The molecule has 2 nitrogen and oxygen atoms in total.